The molecule has 0 bridgehead atoms. The minimum atomic E-state index is -1.07. The van der Waals surface area contributed by atoms with Gasteiger partial charge in [-0.15, -0.1) is 10.2 Å². The van der Waals surface area contributed by atoms with E-state index in [1.165, 1.54) is 6.07 Å². The van der Waals surface area contributed by atoms with Crippen molar-refractivity contribution in [3.63, 3.8) is 0 Å². The number of nitrogens with zero attached hydrogens (tertiary/aromatic N) is 2. The fourth-order valence-corrected chi connectivity index (χ4v) is 2.33. The quantitative estimate of drug-likeness (QED) is 0.675. The molecule has 1 N–H and O–H groups in total. The number of aryl methyl sites for hydroxylation is 1. The van der Waals surface area contributed by atoms with E-state index in [0.29, 0.717) is 5.88 Å². The Morgan fingerprint density at radius 1 is 1.00 bits per heavy atom. The van der Waals surface area contributed by atoms with E-state index in [1.54, 1.807) is 12.1 Å². The van der Waals surface area contributed by atoms with Gasteiger partial charge in [-0.2, -0.15) is 0 Å². The molecule has 0 fully saturated rings. The number of hydrogen-bond acceptors (Lipinski definition) is 4. The van der Waals surface area contributed by atoms with Crippen LogP contribution in [0.25, 0.3) is 11.3 Å². The predicted octanol–water partition coefficient (Wildman–Crippen LogP) is 3.54. The van der Waals surface area contributed by atoms with Gasteiger partial charge in [0.15, 0.2) is 11.6 Å². The van der Waals surface area contributed by atoms with E-state index < -0.39 is 17.5 Å². The smallest absolute Gasteiger partial charge is 0.251 e. The standard InChI is InChI=1S/C20H17F2N3O2/c1-13-2-4-14(5-3-13)18-8-9-19(25-24-18)27-11-10-23-20(26)15-6-7-16(21)17(22)12-15/h2-9,12H,10-11H2,1H3,(H,23,26). The Kier molecular flexibility index (Phi) is 5.71. The summed E-state index contributed by atoms with van der Waals surface area (Å²) in [5.41, 5.74) is 2.89. The molecule has 0 saturated heterocycles. The summed E-state index contributed by atoms with van der Waals surface area (Å²) in [4.78, 5) is 11.9. The molecule has 7 heteroatoms. The fourth-order valence-electron chi connectivity index (χ4n) is 2.33. The van der Waals surface area contributed by atoms with Crippen molar-refractivity contribution in [1.29, 1.82) is 0 Å². The van der Waals surface area contributed by atoms with Gasteiger partial charge in [0.1, 0.15) is 6.61 Å². The zero-order valence-corrected chi connectivity index (χ0v) is 14.6. The molecule has 0 aliphatic carbocycles. The Morgan fingerprint density at radius 3 is 2.44 bits per heavy atom. The Labute approximate surface area is 155 Å². The second-order valence-electron chi connectivity index (χ2n) is 5.86. The Hall–Kier alpha value is -3.35. The second kappa shape index (κ2) is 8.35. The fraction of sp³-hybridized carbons (Fsp3) is 0.150. The van der Waals surface area contributed by atoms with Crippen molar-refractivity contribution in [2.45, 2.75) is 6.92 Å². The highest BCUT2D eigenvalue weighted by atomic mass is 19.2. The largest absolute Gasteiger partial charge is 0.475 e. The van der Waals surface area contributed by atoms with Crippen LogP contribution in [0.1, 0.15) is 15.9 Å². The van der Waals surface area contributed by atoms with E-state index in [2.05, 4.69) is 15.5 Å². The summed E-state index contributed by atoms with van der Waals surface area (Å²) in [6.07, 6.45) is 0. The van der Waals surface area contributed by atoms with Crippen LogP contribution in [0.15, 0.2) is 54.6 Å². The Bertz CT molecular complexity index is 929. The van der Waals surface area contributed by atoms with Gasteiger partial charge in [-0.1, -0.05) is 29.8 Å². The molecule has 0 aliphatic rings. The topological polar surface area (TPSA) is 64.1 Å². The number of carbonyl (C=O) groups is 1. The zero-order chi connectivity index (χ0) is 19.2. The van der Waals surface area contributed by atoms with Crippen LogP contribution in [0.3, 0.4) is 0 Å². The third-order valence-electron chi connectivity index (χ3n) is 3.81. The highest BCUT2D eigenvalue weighted by Gasteiger charge is 2.09. The highest BCUT2D eigenvalue weighted by Crippen LogP contribution is 2.18. The summed E-state index contributed by atoms with van der Waals surface area (Å²) in [5, 5.41) is 10.7. The lowest BCUT2D eigenvalue weighted by atomic mass is 10.1. The van der Waals surface area contributed by atoms with Gasteiger partial charge in [0, 0.05) is 17.2 Å². The molecule has 27 heavy (non-hydrogen) atoms. The lowest BCUT2D eigenvalue weighted by molar-refractivity contribution is 0.0946. The Morgan fingerprint density at radius 2 is 1.78 bits per heavy atom. The lowest BCUT2D eigenvalue weighted by Gasteiger charge is -2.07. The first kappa shape index (κ1) is 18.4. The highest BCUT2D eigenvalue weighted by molar-refractivity contribution is 5.94. The van der Waals surface area contributed by atoms with Gasteiger partial charge in [0.2, 0.25) is 5.88 Å². The first-order valence-electron chi connectivity index (χ1n) is 8.30. The number of nitrogens with one attached hydrogen (secondary N) is 1. The molecular weight excluding hydrogens is 352 g/mol. The summed E-state index contributed by atoms with van der Waals surface area (Å²) < 4.78 is 31.4. The minimum Gasteiger partial charge on any atom is -0.475 e. The summed E-state index contributed by atoms with van der Waals surface area (Å²) in [6.45, 7) is 2.35. The number of ether oxygens (including phenoxy) is 1. The molecule has 1 heterocycles. The SMILES string of the molecule is Cc1ccc(-c2ccc(OCCNC(=O)c3ccc(F)c(F)c3)nn2)cc1. The van der Waals surface area contributed by atoms with Gasteiger partial charge >= 0.3 is 0 Å². The van der Waals surface area contributed by atoms with Gasteiger partial charge in [-0.3, -0.25) is 4.79 Å². The number of rotatable bonds is 6. The number of benzene rings is 2. The number of carbonyl (C=O) groups excluding carboxylic acids is 1. The first-order valence-corrected chi connectivity index (χ1v) is 8.30. The molecule has 0 saturated carbocycles. The van der Waals surface area contributed by atoms with Crippen molar-refractivity contribution in [3.05, 3.63) is 77.4 Å². The number of aromatic nitrogens is 2. The van der Waals surface area contributed by atoms with Crippen LogP contribution < -0.4 is 10.1 Å². The average molecular weight is 369 g/mol. The molecule has 0 radical (unpaired) electrons. The zero-order valence-electron chi connectivity index (χ0n) is 14.6. The second-order valence-corrected chi connectivity index (χ2v) is 5.86. The van der Waals surface area contributed by atoms with Crippen LogP contribution in [0.4, 0.5) is 8.78 Å². The molecule has 0 atom stereocenters. The van der Waals surface area contributed by atoms with E-state index in [9.17, 15) is 13.6 Å². The Balaban J connectivity index is 1.48. The van der Waals surface area contributed by atoms with Crippen LogP contribution in [-0.2, 0) is 0 Å². The van der Waals surface area contributed by atoms with Crippen LogP contribution >= 0.6 is 0 Å². The van der Waals surface area contributed by atoms with Crippen molar-refractivity contribution in [3.8, 4) is 17.1 Å². The van der Waals surface area contributed by atoms with Crippen molar-refractivity contribution < 1.29 is 18.3 Å². The molecule has 0 aliphatic heterocycles. The molecule has 5 nitrogen and oxygen atoms in total. The van der Waals surface area contributed by atoms with E-state index in [4.69, 9.17) is 4.74 Å². The van der Waals surface area contributed by atoms with Gasteiger partial charge in [-0.25, -0.2) is 8.78 Å². The summed E-state index contributed by atoms with van der Waals surface area (Å²) >= 11 is 0. The maximum atomic E-state index is 13.1. The van der Waals surface area contributed by atoms with E-state index in [0.717, 1.165) is 29.0 Å². The molecule has 3 aromatic rings. The van der Waals surface area contributed by atoms with Crippen molar-refractivity contribution in [1.82, 2.24) is 15.5 Å². The van der Waals surface area contributed by atoms with Gasteiger partial charge in [-0.05, 0) is 31.2 Å². The molecule has 1 aromatic heterocycles. The molecule has 0 spiro atoms. The number of hydrogen-bond donors (Lipinski definition) is 1. The molecule has 0 unspecified atom stereocenters. The minimum absolute atomic E-state index is 0.0381. The van der Waals surface area contributed by atoms with Crippen LogP contribution in [0.5, 0.6) is 5.88 Å². The van der Waals surface area contributed by atoms with Crippen molar-refractivity contribution in [2.24, 2.45) is 0 Å². The van der Waals surface area contributed by atoms with E-state index in [-0.39, 0.29) is 18.7 Å². The van der Waals surface area contributed by atoms with Crippen LogP contribution in [-0.4, -0.2) is 29.3 Å². The number of halogens is 2. The van der Waals surface area contributed by atoms with E-state index in [1.807, 2.05) is 31.2 Å². The average Bonchev–Trinajstić information content (AvgIpc) is 2.68. The lowest BCUT2D eigenvalue weighted by Crippen LogP contribution is -2.28. The van der Waals surface area contributed by atoms with Crippen molar-refractivity contribution in [2.75, 3.05) is 13.2 Å². The maximum absolute atomic E-state index is 13.1. The predicted molar refractivity (Wildman–Crippen MR) is 96.4 cm³/mol. The first-order chi connectivity index (χ1) is 13.0. The van der Waals surface area contributed by atoms with Gasteiger partial charge in [0.05, 0.1) is 12.2 Å². The summed E-state index contributed by atoms with van der Waals surface area (Å²) in [7, 11) is 0. The monoisotopic (exact) mass is 369 g/mol. The number of amides is 1. The third-order valence-corrected chi connectivity index (χ3v) is 3.81. The summed E-state index contributed by atoms with van der Waals surface area (Å²) in [5.74, 6) is -2.25. The van der Waals surface area contributed by atoms with Gasteiger partial charge < -0.3 is 10.1 Å². The molecule has 3 rings (SSSR count). The van der Waals surface area contributed by atoms with E-state index >= 15 is 0 Å². The normalized spacial score (nSPS) is 10.5. The van der Waals surface area contributed by atoms with Crippen molar-refractivity contribution >= 4 is 5.91 Å². The summed E-state index contributed by atoms with van der Waals surface area (Å²) in [6, 6.07) is 14.4. The van der Waals surface area contributed by atoms with Crippen LogP contribution in [0, 0.1) is 18.6 Å². The molecule has 1 amide bonds. The molecule has 138 valence electrons. The maximum Gasteiger partial charge on any atom is 0.251 e. The third kappa shape index (κ3) is 4.84. The molecule has 2 aromatic carbocycles. The molecular formula is C20H17F2N3O2. The van der Waals surface area contributed by atoms with Gasteiger partial charge in [0.25, 0.3) is 5.91 Å². The van der Waals surface area contributed by atoms with Crippen LogP contribution in [0.2, 0.25) is 0 Å².